The summed E-state index contributed by atoms with van der Waals surface area (Å²) in [5, 5.41) is 2.55. The molecule has 1 aliphatic rings. The average molecular weight is 500 g/mol. The number of halogens is 2. The van der Waals surface area contributed by atoms with E-state index in [-0.39, 0.29) is 24.6 Å². The third kappa shape index (κ3) is 4.60. The number of carbonyl (C=O) groups is 2. The first kappa shape index (κ1) is 21.4. The molecule has 0 unspecified atom stereocenters. The molecule has 0 saturated heterocycles. The summed E-state index contributed by atoms with van der Waals surface area (Å²) < 4.78 is 14.9. The molecular formula is C23H19BrFN3O2S. The molecule has 0 fully saturated rings. The number of nitrogens with one attached hydrogen (secondary N) is 1. The first-order chi connectivity index (χ1) is 14.8. The summed E-state index contributed by atoms with van der Waals surface area (Å²) in [6.07, 6.45) is 0.0622. The third-order valence-corrected chi connectivity index (χ3v) is 6.74. The van der Waals surface area contributed by atoms with Crippen LogP contribution in [-0.4, -0.2) is 24.1 Å². The van der Waals surface area contributed by atoms with E-state index < -0.39 is 11.7 Å². The first-order valence-electron chi connectivity index (χ1n) is 9.61. The number of thiophene rings is 1. The Kier molecular flexibility index (Phi) is 6.02. The summed E-state index contributed by atoms with van der Waals surface area (Å²) in [7, 11) is 0. The highest BCUT2D eigenvalue weighted by Crippen LogP contribution is 2.36. The van der Waals surface area contributed by atoms with E-state index in [4.69, 9.17) is 4.99 Å². The SMILES string of the molecule is Cc1cc2c(cc1C)N(CC(=O)Nc1ccccc1F)C(=O)CC(c1ccc(Br)s1)=N2. The quantitative estimate of drug-likeness (QED) is 0.495. The highest BCUT2D eigenvalue weighted by Gasteiger charge is 2.28. The van der Waals surface area contributed by atoms with Crippen LogP contribution in [0, 0.1) is 19.7 Å². The molecule has 1 aromatic heterocycles. The zero-order chi connectivity index (χ0) is 22.1. The first-order valence-corrected chi connectivity index (χ1v) is 11.2. The number of fused-ring (bicyclic) bond motifs is 1. The molecule has 3 aromatic rings. The number of anilines is 2. The van der Waals surface area contributed by atoms with Gasteiger partial charge in [-0.25, -0.2) is 9.38 Å². The molecule has 4 rings (SSSR count). The van der Waals surface area contributed by atoms with Crippen molar-refractivity contribution in [3.8, 4) is 0 Å². The lowest BCUT2D eigenvalue weighted by Gasteiger charge is -2.23. The van der Waals surface area contributed by atoms with Crippen molar-refractivity contribution < 1.29 is 14.0 Å². The minimum atomic E-state index is -0.529. The molecule has 31 heavy (non-hydrogen) atoms. The summed E-state index contributed by atoms with van der Waals surface area (Å²) in [5.41, 5.74) is 3.97. The lowest BCUT2D eigenvalue weighted by atomic mass is 10.1. The predicted molar refractivity (Wildman–Crippen MR) is 126 cm³/mol. The minimum Gasteiger partial charge on any atom is -0.322 e. The molecule has 8 heteroatoms. The number of hydrogen-bond acceptors (Lipinski definition) is 4. The van der Waals surface area contributed by atoms with Crippen molar-refractivity contribution in [2.24, 2.45) is 4.99 Å². The number of benzene rings is 2. The second-order valence-corrected chi connectivity index (χ2v) is 9.74. The smallest absolute Gasteiger partial charge is 0.244 e. The minimum absolute atomic E-state index is 0.0622. The Hall–Kier alpha value is -2.84. The number of rotatable bonds is 4. The molecule has 2 amide bonds. The van der Waals surface area contributed by atoms with Crippen molar-refractivity contribution in [1.29, 1.82) is 0 Å². The number of nitrogens with zero attached hydrogens (tertiary/aromatic N) is 2. The van der Waals surface area contributed by atoms with Crippen molar-refractivity contribution in [2.75, 3.05) is 16.8 Å². The average Bonchev–Trinajstić information content (AvgIpc) is 3.11. The van der Waals surface area contributed by atoms with Gasteiger partial charge in [0.25, 0.3) is 0 Å². The van der Waals surface area contributed by atoms with Crippen LogP contribution < -0.4 is 10.2 Å². The Labute approximate surface area is 191 Å². The molecule has 0 aliphatic carbocycles. The maximum absolute atomic E-state index is 13.9. The Morgan fingerprint density at radius 3 is 2.65 bits per heavy atom. The van der Waals surface area contributed by atoms with Crippen molar-refractivity contribution in [3.05, 3.63) is 74.1 Å². The maximum atomic E-state index is 13.9. The molecule has 0 spiro atoms. The van der Waals surface area contributed by atoms with E-state index in [0.717, 1.165) is 19.8 Å². The van der Waals surface area contributed by atoms with E-state index in [1.165, 1.54) is 28.4 Å². The van der Waals surface area contributed by atoms with Crippen LogP contribution >= 0.6 is 27.3 Å². The van der Waals surface area contributed by atoms with Gasteiger partial charge >= 0.3 is 0 Å². The zero-order valence-corrected chi connectivity index (χ0v) is 19.3. The van der Waals surface area contributed by atoms with Gasteiger partial charge in [-0.05, 0) is 77.3 Å². The van der Waals surface area contributed by atoms with E-state index in [1.54, 1.807) is 12.1 Å². The highest BCUT2D eigenvalue weighted by molar-refractivity contribution is 9.11. The van der Waals surface area contributed by atoms with Gasteiger partial charge in [-0.3, -0.25) is 9.59 Å². The van der Waals surface area contributed by atoms with Crippen molar-refractivity contribution in [3.63, 3.8) is 0 Å². The van der Waals surface area contributed by atoms with Crippen LogP contribution in [0.1, 0.15) is 22.4 Å². The summed E-state index contributed by atoms with van der Waals surface area (Å²) in [6, 6.07) is 13.6. The normalized spacial score (nSPS) is 13.5. The fourth-order valence-electron chi connectivity index (χ4n) is 3.33. The summed E-state index contributed by atoms with van der Waals surface area (Å²) in [4.78, 5) is 33.0. The number of carbonyl (C=O) groups excluding carboxylic acids is 2. The number of aliphatic imine (C=N–C) groups is 1. The molecular weight excluding hydrogens is 481 g/mol. The largest absolute Gasteiger partial charge is 0.322 e. The van der Waals surface area contributed by atoms with Crippen LogP contribution in [0.5, 0.6) is 0 Å². The van der Waals surface area contributed by atoms with Gasteiger partial charge in [0.05, 0.1) is 37.9 Å². The lowest BCUT2D eigenvalue weighted by Crippen LogP contribution is -2.38. The molecule has 0 atom stereocenters. The number of hydrogen-bond donors (Lipinski definition) is 1. The Balaban J connectivity index is 1.69. The van der Waals surface area contributed by atoms with Gasteiger partial charge in [-0.2, -0.15) is 0 Å². The van der Waals surface area contributed by atoms with Crippen molar-refractivity contribution in [2.45, 2.75) is 20.3 Å². The van der Waals surface area contributed by atoms with E-state index in [1.807, 2.05) is 38.1 Å². The third-order valence-electron chi connectivity index (χ3n) is 5.06. The van der Waals surface area contributed by atoms with Crippen LogP contribution in [0.4, 0.5) is 21.5 Å². The molecule has 1 aliphatic heterocycles. The van der Waals surface area contributed by atoms with Crippen LogP contribution in [0.2, 0.25) is 0 Å². The Bertz CT molecular complexity index is 1220. The molecule has 2 heterocycles. The Morgan fingerprint density at radius 1 is 1.19 bits per heavy atom. The molecule has 5 nitrogen and oxygen atoms in total. The van der Waals surface area contributed by atoms with E-state index >= 15 is 0 Å². The molecule has 0 radical (unpaired) electrons. The standard InChI is InChI=1S/C23H19BrFN3O2S/c1-13-9-17-19(10-14(13)2)28(12-22(29)27-16-6-4-3-5-15(16)25)23(30)11-18(26-17)20-7-8-21(24)31-20/h3-10H,11-12H2,1-2H3,(H,27,29). The fourth-order valence-corrected chi connectivity index (χ4v) is 4.70. The topological polar surface area (TPSA) is 61.8 Å². The highest BCUT2D eigenvalue weighted by atomic mass is 79.9. The van der Waals surface area contributed by atoms with Gasteiger partial charge in [-0.1, -0.05) is 12.1 Å². The summed E-state index contributed by atoms with van der Waals surface area (Å²) in [6.45, 7) is 3.69. The monoisotopic (exact) mass is 499 g/mol. The number of aryl methyl sites for hydroxylation is 2. The molecule has 0 bridgehead atoms. The Morgan fingerprint density at radius 2 is 1.94 bits per heavy atom. The van der Waals surface area contributed by atoms with Gasteiger partial charge in [0.1, 0.15) is 12.4 Å². The van der Waals surface area contributed by atoms with Crippen LogP contribution in [-0.2, 0) is 9.59 Å². The maximum Gasteiger partial charge on any atom is 0.244 e. The molecule has 158 valence electrons. The van der Waals surface area contributed by atoms with Crippen LogP contribution in [0.15, 0.2) is 57.3 Å². The summed E-state index contributed by atoms with van der Waals surface area (Å²) in [5.74, 6) is -1.25. The van der Waals surface area contributed by atoms with E-state index in [0.29, 0.717) is 17.1 Å². The van der Waals surface area contributed by atoms with Crippen molar-refractivity contribution >= 4 is 61.9 Å². The molecule has 1 N–H and O–H groups in total. The van der Waals surface area contributed by atoms with Gasteiger partial charge in [0.2, 0.25) is 11.8 Å². The second-order valence-electron chi connectivity index (χ2n) is 7.27. The van der Waals surface area contributed by atoms with Gasteiger partial charge in [0, 0.05) is 0 Å². The lowest BCUT2D eigenvalue weighted by molar-refractivity contribution is -0.120. The van der Waals surface area contributed by atoms with Crippen LogP contribution in [0.25, 0.3) is 0 Å². The second kappa shape index (κ2) is 8.72. The molecule has 2 aromatic carbocycles. The van der Waals surface area contributed by atoms with Crippen LogP contribution in [0.3, 0.4) is 0 Å². The summed E-state index contributed by atoms with van der Waals surface area (Å²) >= 11 is 4.95. The van der Waals surface area contributed by atoms with Gasteiger partial charge in [-0.15, -0.1) is 11.3 Å². The van der Waals surface area contributed by atoms with E-state index in [2.05, 4.69) is 21.2 Å². The number of para-hydroxylation sites is 1. The van der Waals surface area contributed by atoms with Crippen molar-refractivity contribution in [1.82, 2.24) is 0 Å². The van der Waals surface area contributed by atoms with E-state index in [9.17, 15) is 14.0 Å². The van der Waals surface area contributed by atoms with Gasteiger partial charge < -0.3 is 10.2 Å². The zero-order valence-electron chi connectivity index (χ0n) is 16.9. The predicted octanol–water partition coefficient (Wildman–Crippen LogP) is 5.76. The van der Waals surface area contributed by atoms with Gasteiger partial charge in [0.15, 0.2) is 0 Å². The fraction of sp³-hybridized carbons (Fsp3) is 0.174. The number of amides is 2. The molecule has 0 saturated carbocycles.